The van der Waals surface area contributed by atoms with Crippen LogP contribution in [-0.2, 0) is 10.2 Å². The van der Waals surface area contributed by atoms with Gasteiger partial charge in [-0.3, -0.25) is 0 Å². The normalized spacial score (nSPS) is 18.5. The topological polar surface area (TPSA) is 35.2 Å². The molecule has 1 aromatic carbocycles. The maximum absolute atomic E-state index is 5.63. The van der Waals surface area contributed by atoms with Crippen LogP contribution in [0, 0.1) is 0 Å². The number of hydrogen-bond donors (Lipinski definition) is 1. The summed E-state index contributed by atoms with van der Waals surface area (Å²) in [5.41, 5.74) is 8.14. The van der Waals surface area contributed by atoms with E-state index in [1.165, 1.54) is 18.4 Å². The summed E-state index contributed by atoms with van der Waals surface area (Å²) >= 11 is 0. The molecule has 2 heteroatoms. The first kappa shape index (κ1) is 8.57. The van der Waals surface area contributed by atoms with Crippen LogP contribution in [-0.4, -0.2) is 13.7 Å². The molecular formula is C11H15NO. The van der Waals surface area contributed by atoms with Crippen molar-refractivity contribution in [2.45, 2.75) is 18.3 Å². The highest BCUT2D eigenvalue weighted by molar-refractivity contribution is 5.43. The molecule has 0 unspecified atom stereocenters. The average molecular weight is 177 g/mol. The fraction of sp³-hybridized carbons (Fsp3) is 0.455. The van der Waals surface area contributed by atoms with Crippen LogP contribution in [0.25, 0.3) is 0 Å². The van der Waals surface area contributed by atoms with Gasteiger partial charge in [-0.1, -0.05) is 12.1 Å². The second-order valence-corrected chi connectivity index (χ2v) is 3.84. The maximum Gasteiger partial charge on any atom is 0.0559 e. The van der Waals surface area contributed by atoms with Crippen molar-refractivity contribution < 1.29 is 4.74 Å². The van der Waals surface area contributed by atoms with Crippen molar-refractivity contribution in [1.82, 2.24) is 0 Å². The first-order valence-electron chi connectivity index (χ1n) is 4.62. The lowest BCUT2D eigenvalue weighted by Crippen LogP contribution is -2.13. The van der Waals surface area contributed by atoms with E-state index in [0.29, 0.717) is 5.41 Å². The van der Waals surface area contributed by atoms with Crippen LogP contribution in [0.2, 0.25) is 0 Å². The number of anilines is 1. The summed E-state index contributed by atoms with van der Waals surface area (Å²) in [6.07, 6.45) is 2.48. The minimum absolute atomic E-state index is 0.308. The van der Waals surface area contributed by atoms with E-state index in [4.69, 9.17) is 10.5 Å². The number of ether oxygens (including phenoxy) is 1. The number of hydrogen-bond acceptors (Lipinski definition) is 2. The minimum Gasteiger partial charge on any atom is -0.399 e. The van der Waals surface area contributed by atoms with Crippen LogP contribution in [0.5, 0.6) is 0 Å². The van der Waals surface area contributed by atoms with E-state index in [9.17, 15) is 0 Å². The Kier molecular flexibility index (Phi) is 2.00. The van der Waals surface area contributed by atoms with Crippen molar-refractivity contribution >= 4 is 5.69 Å². The molecule has 0 aromatic heterocycles. The molecule has 0 heterocycles. The molecule has 1 aromatic rings. The zero-order valence-corrected chi connectivity index (χ0v) is 7.92. The molecule has 70 valence electrons. The maximum atomic E-state index is 5.63. The lowest BCUT2D eigenvalue weighted by molar-refractivity contribution is 0.171. The van der Waals surface area contributed by atoms with Crippen molar-refractivity contribution in [3.63, 3.8) is 0 Å². The first-order valence-corrected chi connectivity index (χ1v) is 4.62. The third-order valence-corrected chi connectivity index (χ3v) is 2.80. The van der Waals surface area contributed by atoms with Crippen LogP contribution >= 0.6 is 0 Å². The fourth-order valence-corrected chi connectivity index (χ4v) is 1.78. The summed E-state index contributed by atoms with van der Waals surface area (Å²) in [4.78, 5) is 0. The molecule has 0 saturated heterocycles. The first-order chi connectivity index (χ1) is 6.27. The third-order valence-electron chi connectivity index (χ3n) is 2.80. The SMILES string of the molecule is COCC1(c2ccc(N)cc2)CC1. The van der Waals surface area contributed by atoms with Crippen molar-refractivity contribution in [2.75, 3.05) is 19.5 Å². The highest BCUT2D eigenvalue weighted by Gasteiger charge is 2.44. The summed E-state index contributed by atoms with van der Waals surface area (Å²) in [5, 5.41) is 0. The molecule has 0 bridgehead atoms. The van der Waals surface area contributed by atoms with E-state index >= 15 is 0 Å². The number of nitrogens with two attached hydrogens (primary N) is 1. The highest BCUT2D eigenvalue weighted by atomic mass is 16.5. The van der Waals surface area contributed by atoms with E-state index in [2.05, 4.69) is 12.1 Å². The van der Waals surface area contributed by atoms with Gasteiger partial charge in [0, 0.05) is 18.2 Å². The summed E-state index contributed by atoms with van der Waals surface area (Å²) in [6.45, 7) is 0.830. The van der Waals surface area contributed by atoms with Gasteiger partial charge in [0.15, 0.2) is 0 Å². The molecule has 13 heavy (non-hydrogen) atoms. The fourth-order valence-electron chi connectivity index (χ4n) is 1.78. The Morgan fingerprint density at radius 1 is 1.31 bits per heavy atom. The Morgan fingerprint density at radius 2 is 1.92 bits per heavy atom. The summed E-state index contributed by atoms with van der Waals surface area (Å²) in [7, 11) is 1.76. The molecule has 1 aliphatic rings. The van der Waals surface area contributed by atoms with Gasteiger partial charge in [0.25, 0.3) is 0 Å². The van der Waals surface area contributed by atoms with E-state index in [1.54, 1.807) is 7.11 Å². The Balaban J connectivity index is 2.20. The molecule has 1 fully saturated rings. The van der Waals surface area contributed by atoms with Crippen molar-refractivity contribution in [3.8, 4) is 0 Å². The largest absolute Gasteiger partial charge is 0.399 e. The molecule has 2 N–H and O–H groups in total. The molecule has 1 saturated carbocycles. The summed E-state index contributed by atoms with van der Waals surface area (Å²) < 4.78 is 5.22. The smallest absolute Gasteiger partial charge is 0.0559 e. The van der Waals surface area contributed by atoms with E-state index in [-0.39, 0.29) is 0 Å². The van der Waals surface area contributed by atoms with Crippen LogP contribution in [0.4, 0.5) is 5.69 Å². The number of rotatable bonds is 3. The van der Waals surface area contributed by atoms with E-state index in [0.717, 1.165) is 12.3 Å². The Hall–Kier alpha value is -1.02. The Bertz CT molecular complexity index is 287. The van der Waals surface area contributed by atoms with Gasteiger partial charge >= 0.3 is 0 Å². The predicted molar refractivity (Wildman–Crippen MR) is 53.6 cm³/mol. The van der Waals surface area contributed by atoms with Gasteiger partial charge in [-0.05, 0) is 30.5 Å². The van der Waals surface area contributed by atoms with Crippen LogP contribution < -0.4 is 5.73 Å². The van der Waals surface area contributed by atoms with Gasteiger partial charge in [0.1, 0.15) is 0 Å². The molecule has 0 amide bonds. The van der Waals surface area contributed by atoms with Gasteiger partial charge in [0.2, 0.25) is 0 Å². The Labute approximate surface area is 78.7 Å². The second kappa shape index (κ2) is 3.04. The van der Waals surface area contributed by atoms with E-state index < -0.39 is 0 Å². The van der Waals surface area contributed by atoms with Crippen LogP contribution in [0.15, 0.2) is 24.3 Å². The number of nitrogen functional groups attached to an aromatic ring is 1. The molecule has 0 spiro atoms. The zero-order valence-electron chi connectivity index (χ0n) is 7.92. The second-order valence-electron chi connectivity index (χ2n) is 3.84. The molecule has 0 atom stereocenters. The highest BCUT2D eigenvalue weighted by Crippen LogP contribution is 2.48. The van der Waals surface area contributed by atoms with Crippen molar-refractivity contribution in [1.29, 1.82) is 0 Å². The van der Waals surface area contributed by atoms with Gasteiger partial charge in [-0.2, -0.15) is 0 Å². The molecule has 2 rings (SSSR count). The van der Waals surface area contributed by atoms with E-state index in [1.807, 2.05) is 12.1 Å². The molecule has 0 radical (unpaired) electrons. The van der Waals surface area contributed by atoms with Gasteiger partial charge in [-0.25, -0.2) is 0 Å². The minimum atomic E-state index is 0.308. The monoisotopic (exact) mass is 177 g/mol. The molecular weight excluding hydrogens is 162 g/mol. The summed E-state index contributed by atoms with van der Waals surface area (Å²) in [5.74, 6) is 0. The molecule has 0 aliphatic heterocycles. The van der Waals surface area contributed by atoms with Crippen molar-refractivity contribution in [3.05, 3.63) is 29.8 Å². The lowest BCUT2D eigenvalue weighted by Gasteiger charge is -2.14. The quantitative estimate of drug-likeness (QED) is 0.716. The van der Waals surface area contributed by atoms with Gasteiger partial charge < -0.3 is 10.5 Å². The zero-order chi connectivity index (χ0) is 9.31. The summed E-state index contributed by atoms with van der Waals surface area (Å²) in [6, 6.07) is 8.15. The van der Waals surface area contributed by atoms with Gasteiger partial charge in [-0.15, -0.1) is 0 Å². The lowest BCUT2D eigenvalue weighted by atomic mass is 9.97. The molecule has 1 aliphatic carbocycles. The van der Waals surface area contributed by atoms with Crippen LogP contribution in [0.3, 0.4) is 0 Å². The standard InChI is InChI=1S/C11H15NO/c1-13-8-11(6-7-11)9-2-4-10(12)5-3-9/h2-5H,6-8,12H2,1H3. The van der Waals surface area contributed by atoms with Gasteiger partial charge in [0.05, 0.1) is 6.61 Å². The van der Waals surface area contributed by atoms with Crippen molar-refractivity contribution in [2.24, 2.45) is 0 Å². The number of benzene rings is 1. The van der Waals surface area contributed by atoms with Crippen LogP contribution in [0.1, 0.15) is 18.4 Å². The average Bonchev–Trinajstić information content (AvgIpc) is 2.87. The predicted octanol–water partition coefficient (Wildman–Crippen LogP) is 1.95. The Morgan fingerprint density at radius 3 is 2.38 bits per heavy atom. The third kappa shape index (κ3) is 1.54. The number of methoxy groups -OCH3 is 1. The molecule has 2 nitrogen and oxygen atoms in total.